The number of aliphatic carboxylic acids is 1. The van der Waals surface area contributed by atoms with Crippen molar-refractivity contribution in [2.75, 3.05) is 0 Å². The molecule has 0 aliphatic rings. The zero-order valence-corrected chi connectivity index (χ0v) is 21.3. The third-order valence-corrected chi connectivity index (χ3v) is 4.89. The van der Waals surface area contributed by atoms with Gasteiger partial charge in [0.1, 0.15) is 11.6 Å². The lowest BCUT2D eigenvalue weighted by molar-refractivity contribution is -0.160. The Kier molecular flexibility index (Phi) is 9.81. The van der Waals surface area contributed by atoms with E-state index in [1.807, 2.05) is 0 Å². The Hall–Kier alpha value is -2.94. The van der Waals surface area contributed by atoms with Crippen molar-refractivity contribution in [2.45, 2.75) is 79.9 Å². The SMILES string of the molecule is CC(C)C(=O)Oc1ccc(CC(N)(C[C@H](C)OC(=O)C(C)(C)C)C(=O)O)cc1OC(=O)C(C)C. The zero-order chi connectivity index (χ0) is 26.4. The molecular formula is C25H37NO8. The number of carbonyl (C=O) groups is 4. The molecule has 0 amide bonds. The lowest BCUT2D eigenvalue weighted by atomic mass is 9.86. The van der Waals surface area contributed by atoms with Crippen molar-refractivity contribution < 1.29 is 38.5 Å². The van der Waals surface area contributed by atoms with Gasteiger partial charge in [0.05, 0.1) is 17.3 Å². The van der Waals surface area contributed by atoms with E-state index in [9.17, 15) is 24.3 Å². The average molecular weight is 480 g/mol. The highest BCUT2D eigenvalue weighted by atomic mass is 16.6. The van der Waals surface area contributed by atoms with Gasteiger partial charge in [0.15, 0.2) is 11.5 Å². The molecule has 0 aliphatic carbocycles. The predicted octanol–water partition coefficient (Wildman–Crippen LogP) is 3.50. The number of carboxylic acids is 1. The molecule has 1 unspecified atom stereocenters. The van der Waals surface area contributed by atoms with Crippen molar-refractivity contribution in [2.24, 2.45) is 23.0 Å². The van der Waals surface area contributed by atoms with Crippen molar-refractivity contribution in [3.05, 3.63) is 23.8 Å². The van der Waals surface area contributed by atoms with Crippen LogP contribution in [-0.2, 0) is 30.3 Å². The third-order valence-electron chi connectivity index (χ3n) is 4.89. The van der Waals surface area contributed by atoms with E-state index in [1.54, 1.807) is 61.5 Å². The number of carbonyl (C=O) groups excluding carboxylic acids is 3. The van der Waals surface area contributed by atoms with Crippen LogP contribution in [0.3, 0.4) is 0 Å². The molecule has 0 bridgehead atoms. The van der Waals surface area contributed by atoms with E-state index in [2.05, 4.69) is 0 Å². The Morgan fingerprint density at radius 3 is 1.85 bits per heavy atom. The van der Waals surface area contributed by atoms with Crippen LogP contribution in [0, 0.1) is 17.3 Å². The van der Waals surface area contributed by atoms with E-state index in [1.165, 1.54) is 12.1 Å². The largest absolute Gasteiger partial charge is 0.480 e. The Morgan fingerprint density at radius 1 is 0.912 bits per heavy atom. The van der Waals surface area contributed by atoms with Gasteiger partial charge in [0.25, 0.3) is 0 Å². The van der Waals surface area contributed by atoms with Crippen LogP contribution in [-0.4, -0.2) is 40.6 Å². The molecule has 0 saturated heterocycles. The fourth-order valence-electron chi connectivity index (χ4n) is 2.79. The van der Waals surface area contributed by atoms with Gasteiger partial charge in [-0.25, -0.2) is 0 Å². The van der Waals surface area contributed by atoms with Crippen molar-refractivity contribution in [3.8, 4) is 11.5 Å². The normalized spacial score (nSPS) is 14.3. The standard InChI is InChI=1S/C25H37NO8/c1-14(2)20(27)33-18-10-9-17(11-19(18)34-21(28)15(3)4)13-25(26,22(29)30)12-16(5)32-23(31)24(6,7)8/h9-11,14-16H,12-13,26H2,1-8H3,(H,29,30)/t16-,25?/m0/s1. The second-order valence-electron chi connectivity index (χ2n) is 10.2. The molecule has 34 heavy (non-hydrogen) atoms. The average Bonchev–Trinajstić information content (AvgIpc) is 2.68. The van der Waals surface area contributed by atoms with E-state index < -0.39 is 52.8 Å². The van der Waals surface area contributed by atoms with Crippen LogP contribution in [0.15, 0.2) is 18.2 Å². The van der Waals surface area contributed by atoms with Gasteiger partial charge in [-0.1, -0.05) is 33.8 Å². The van der Waals surface area contributed by atoms with Gasteiger partial charge in [-0.2, -0.15) is 0 Å². The first kappa shape index (κ1) is 29.1. The molecule has 0 saturated carbocycles. The molecule has 2 atom stereocenters. The Balaban J connectivity index is 3.23. The number of esters is 3. The van der Waals surface area contributed by atoms with E-state index in [0.717, 1.165) is 0 Å². The van der Waals surface area contributed by atoms with Crippen molar-refractivity contribution in [1.29, 1.82) is 0 Å². The first-order chi connectivity index (χ1) is 15.5. The summed E-state index contributed by atoms with van der Waals surface area (Å²) < 4.78 is 16.1. The Morgan fingerprint density at radius 2 is 1.41 bits per heavy atom. The van der Waals surface area contributed by atoms with Crippen LogP contribution < -0.4 is 15.2 Å². The van der Waals surface area contributed by atoms with Crippen LogP contribution in [0.5, 0.6) is 11.5 Å². The van der Waals surface area contributed by atoms with Gasteiger partial charge in [-0.3, -0.25) is 19.2 Å². The van der Waals surface area contributed by atoms with Gasteiger partial charge in [0.2, 0.25) is 0 Å². The van der Waals surface area contributed by atoms with Crippen molar-refractivity contribution in [1.82, 2.24) is 0 Å². The first-order valence-electron chi connectivity index (χ1n) is 11.3. The van der Waals surface area contributed by atoms with Crippen LogP contribution in [0.1, 0.15) is 67.4 Å². The molecule has 9 heteroatoms. The predicted molar refractivity (Wildman–Crippen MR) is 125 cm³/mol. The van der Waals surface area contributed by atoms with Gasteiger partial charge in [-0.15, -0.1) is 0 Å². The summed E-state index contributed by atoms with van der Waals surface area (Å²) >= 11 is 0. The molecule has 1 aromatic rings. The topological polar surface area (TPSA) is 142 Å². The minimum atomic E-state index is -1.77. The smallest absolute Gasteiger partial charge is 0.324 e. The first-order valence-corrected chi connectivity index (χ1v) is 11.3. The van der Waals surface area contributed by atoms with Gasteiger partial charge >= 0.3 is 23.9 Å². The number of carboxylic acid groups (broad SMARTS) is 1. The quantitative estimate of drug-likeness (QED) is 0.381. The van der Waals surface area contributed by atoms with Gasteiger partial charge in [-0.05, 0) is 45.4 Å². The minimum absolute atomic E-state index is 0.00912. The number of benzene rings is 1. The maximum atomic E-state index is 12.2. The van der Waals surface area contributed by atoms with E-state index in [-0.39, 0.29) is 24.3 Å². The molecule has 0 aromatic heterocycles. The second-order valence-corrected chi connectivity index (χ2v) is 10.2. The van der Waals surface area contributed by atoms with Crippen molar-refractivity contribution in [3.63, 3.8) is 0 Å². The lowest BCUT2D eigenvalue weighted by Gasteiger charge is -2.29. The number of hydrogen-bond acceptors (Lipinski definition) is 8. The molecule has 3 N–H and O–H groups in total. The van der Waals surface area contributed by atoms with E-state index in [0.29, 0.717) is 5.56 Å². The summed E-state index contributed by atoms with van der Waals surface area (Å²) in [5.74, 6) is -3.61. The molecule has 9 nitrogen and oxygen atoms in total. The molecule has 0 aliphatic heterocycles. The van der Waals surface area contributed by atoms with Crippen LogP contribution in [0.4, 0.5) is 0 Å². The van der Waals surface area contributed by atoms with Crippen LogP contribution >= 0.6 is 0 Å². The number of ether oxygens (including phenoxy) is 3. The molecule has 1 aromatic carbocycles. The van der Waals surface area contributed by atoms with Gasteiger partial charge < -0.3 is 25.1 Å². The molecular weight excluding hydrogens is 442 g/mol. The fraction of sp³-hybridized carbons (Fsp3) is 0.600. The zero-order valence-electron chi connectivity index (χ0n) is 21.3. The molecule has 0 heterocycles. The molecule has 0 spiro atoms. The maximum absolute atomic E-state index is 12.2. The molecule has 190 valence electrons. The molecule has 0 radical (unpaired) electrons. The van der Waals surface area contributed by atoms with Crippen LogP contribution in [0.25, 0.3) is 0 Å². The summed E-state index contributed by atoms with van der Waals surface area (Å²) in [4.78, 5) is 48.5. The summed E-state index contributed by atoms with van der Waals surface area (Å²) in [6.45, 7) is 13.3. The summed E-state index contributed by atoms with van der Waals surface area (Å²) in [5, 5.41) is 9.84. The van der Waals surface area contributed by atoms with Gasteiger partial charge in [0, 0.05) is 12.8 Å². The monoisotopic (exact) mass is 479 g/mol. The van der Waals surface area contributed by atoms with E-state index in [4.69, 9.17) is 19.9 Å². The summed E-state index contributed by atoms with van der Waals surface area (Å²) in [5.41, 5.74) is 4.16. The highest BCUT2D eigenvalue weighted by Gasteiger charge is 2.38. The summed E-state index contributed by atoms with van der Waals surface area (Å²) in [6, 6.07) is 4.41. The summed E-state index contributed by atoms with van der Waals surface area (Å²) in [7, 11) is 0. The molecule has 0 fully saturated rings. The van der Waals surface area contributed by atoms with E-state index >= 15 is 0 Å². The fourth-order valence-corrected chi connectivity index (χ4v) is 2.79. The maximum Gasteiger partial charge on any atom is 0.324 e. The second kappa shape index (κ2) is 11.5. The van der Waals surface area contributed by atoms with Crippen molar-refractivity contribution >= 4 is 23.9 Å². The lowest BCUT2D eigenvalue weighted by Crippen LogP contribution is -2.52. The molecule has 1 rings (SSSR count). The Labute approximate surface area is 200 Å². The minimum Gasteiger partial charge on any atom is -0.480 e. The Bertz CT molecular complexity index is 916. The third kappa shape index (κ3) is 8.44. The number of nitrogens with two attached hydrogens (primary N) is 1. The highest BCUT2D eigenvalue weighted by Crippen LogP contribution is 2.32. The number of rotatable bonds is 10. The highest BCUT2D eigenvalue weighted by molar-refractivity contribution is 5.80. The summed E-state index contributed by atoms with van der Waals surface area (Å²) in [6.07, 6.45) is -1.04. The number of hydrogen-bond donors (Lipinski definition) is 2. The van der Waals surface area contributed by atoms with Crippen LogP contribution in [0.2, 0.25) is 0 Å².